The first-order chi connectivity index (χ1) is 0. The summed E-state index contributed by atoms with van der Waals surface area (Å²) in [4.78, 5) is 0. The third kappa shape index (κ3) is 20.4. The van der Waals surface area contributed by atoms with Gasteiger partial charge in [0.25, 0.3) is 0 Å². The van der Waals surface area contributed by atoms with Gasteiger partial charge >= 0.3 is 61.3 Å². The molecule has 0 heterocycles. The molecule has 5 heteroatoms. The first-order valence-corrected chi connectivity index (χ1v) is 0. The van der Waals surface area contributed by atoms with E-state index in [9.17, 15) is 0 Å². The van der Waals surface area contributed by atoms with Crippen molar-refractivity contribution in [3.8, 4) is 0 Å². The Bertz CT molecular complexity index is 7.61. The molecule has 44 valence electrons. The number of hydrogen-bond donors (Lipinski definition) is 0. The van der Waals surface area contributed by atoms with Crippen molar-refractivity contribution in [3.05, 3.63) is 0 Å². The van der Waals surface area contributed by atoms with Gasteiger partial charge in [0.1, 0.15) is 0 Å². The second kappa shape index (κ2) is 30.0. The minimum absolute atomic E-state index is 0. The zero-order valence-corrected chi connectivity index (χ0v) is 7.32. The standard InChI is InChI=1S/2Ag.Ni.2S/q2*+1;+2;2*-2. The van der Waals surface area contributed by atoms with Gasteiger partial charge in [-0.25, -0.2) is 0 Å². The summed E-state index contributed by atoms with van der Waals surface area (Å²) in [5.41, 5.74) is 0. The fraction of sp³-hybridized carbons (Fsp3) is 0. The van der Waals surface area contributed by atoms with Gasteiger partial charge in [0.2, 0.25) is 0 Å². The molecule has 0 nitrogen and oxygen atoms in total. The molecule has 0 N–H and O–H groups in total. The van der Waals surface area contributed by atoms with Crippen LogP contribution in [0, 0.1) is 0 Å². The van der Waals surface area contributed by atoms with E-state index < -0.39 is 0 Å². The van der Waals surface area contributed by atoms with Gasteiger partial charge in [-0.1, -0.05) is 0 Å². The maximum absolute atomic E-state index is 0. The molecule has 0 aliphatic rings. The second-order valence-corrected chi connectivity index (χ2v) is 0. The molecule has 0 unspecified atom stereocenters. The van der Waals surface area contributed by atoms with Gasteiger partial charge in [0, 0.05) is 0 Å². The predicted molar refractivity (Wildman–Crippen MR) is 14.7 cm³/mol. The van der Waals surface area contributed by atoms with Crippen molar-refractivity contribution in [3.63, 3.8) is 0 Å². The summed E-state index contributed by atoms with van der Waals surface area (Å²) >= 11 is 0. The maximum Gasteiger partial charge on any atom is 2.00 e. The summed E-state index contributed by atoms with van der Waals surface area (Å²) in [5.74, 6) is 0. The first kappa shape index (κ1) is 47.8. The van der Waals surface area contributed by atoms with Gasteiger partial charge in [0.15, 0.2) is 0 Å². The van der Waals surface area contributed by atoms with Crippen LogP contribution in [0.1, 0.15) is 0 Å². The Hall–Kier alpha value is 2.67. The Labute approximate surface area is 87.1 Å². The van der Waals surface area contributed by atoms with Gasteiger partial charge in [0.05, 0.1) is 0 Å². The Morgan fingerprint density at radius 2 is 0.600 bits per heavy atom. The van der Waals surface area contributed by atoms with Crippen LogP contribution in [0.4, 0.5) is 0 Å². The summed E-state index contributed by atoms with van der Waals surface area (Å²) in [5, 5.41) is 0. The molecular formula is Ag2NiS2. The summed E-state index contributed by atoms with van der Waals surface area (Å²) in [7, 11) is 0. The van der Waals surface area contributed by atoms with Crippen LogP contribution in [0.3, 0.4) is 0 Å². The van der Waals surface area contributed by atoms with Crippen LogP contribution in [0.15, 0.2) is 0 Å². The largest absolute Gasteiger partial charge is 2.00 e. The summed E-state index contributed by atoms with van der Waals surface area (Å²) in [6.07, 6.45) is 0. The van der Waals surface area contributed by atoms with Crippen LogP contribution in [0.2, 0.25) is 0 Å². The smallest absolute Gasteiger partial charge is 2.00 e. The Balaban J connectivity index is 0. The third-order valence-electron chi connectivity index (χ3n) is 0. The SMILES string of the molecule is [Ag+].[Ag+].[Ni+2].[S-2].[S-2]. The van der Waals surface area contributed by atoms with Crippen LogP contribution in [-0.2, 0) is 88.2 Å². The molecule has 5 heavy (non-hydrogen) atoms. The molecule has 0 fully saturated rings. The van der Waals surface area contributed by atoms with Crippen LogP contribution in [0.5, 0.6) is 0 Å². The fourth-order valence-corrected chi connectivity index (χ4v) is 0. The second-order valence-electron chi connectivity index (χ2n) is 0. The minimum Gasteiger partial charge on any atom is -2.00 e. The molecule has 0 aromatic heterocycles. The monoisotopic (exact) mass is 336 g/mol. The zero-order valence-electron chi connectivity index (χ0n) is 1.74. The van der Waals surface area contributed by atoms with Gasteiger partial charge in [-0.15, -0.1) is 0 Å². The van der Waals surface area contributed by atoms with Gasteiger partial charge in [-0.3, -0.25) is 0 Å². The molecule has 0 aromatic carbocycles. The molecule has 0 amide bonds. The summed E-state index contributed by atoms with van der Waals surface area (Å²) in [6.45, 7) is 0. The van der Waals surface area contributed by atoms with Crippen molar-refractivity contribution in [2.24, 2.45) is 0 Å². The van der Waals surface area contributed by atoms with Gasteiger partial charge in [-0.2, -0.15) is 0 Å². The first-order valence-electron chi connectivity index (χ1n) is 0. The van der Waals surface area contributed by atoms with E-state index >= 15 is 0 Å². The Morgan fingerprint density at radius 1 is 0.600 bits per heavy atom. The predicted octanol–water partition coefficient (Wildman–Crippen LogP) is -0.0123. The summed E-state index contributed by atoms with van der Waals surface area (Å²) < 4.78 is 0. The molecule has 0 aromatic rings. The Kier molecular flexibility index (Phi) is 287. The van der Waals surface area contributed by atoms with Crippen LogP contribution >= 0.6 is 0 Å². The van der Waals surface area contributed by atoms with Crippen LogP contribution in [-0.4, -0.2) is 0 Å². The number of hydrogen-bond acceptors (Lipinski definition) is 0. The molecule has 0 radical (unpaired) electrons. The van der Waals surface area contributed by atoms with Crippen molar-refractivity contribution in [1.29, 1.82) is 0 Å². The van der Waals surface area contributed by atoms with Gasteiger partial charge < -0.3 is 27.0 Å². The van der Waals surface area contributed by atoms with E-state index in [1.807, 2.05) is 0 Å². The molecular weight excluding hydrogens is 339 g/mol. The summed E-state index contributed by atoms with van der Waals surface area (Å²) in [6, 6.07) is 0. The molecule has 0 bridgehead atoms. The van der Waals surface area contributed by atoms with Crippen molar-refractivity contribution in [1.82, 2.24) is 0 Å². The van der Waals surface area contributed by atoms with Crippen molar-refractivity contribution < 1.29 is 61.3 Å². The van der Waals surface area contributed by atoms with Crippen molar-refractivity contribution >= 4 is 27.0 Å². The van der Waals surface area contributed by atoms with Crippen molar-refractivity contribution in [2.45, 2.75) is 0 Å². The molecule has 0 aliphatic heterocycles. The van der Waals surface area contributed by atoms with E-state index in [1.165, 1.54) is 0 Å². The normalized spacial score (nSPS) is 0. The molecule has 0 spiro atoms. The molecule has 0 atom stereocenters. The quantitative estimate of drug-likeness (QED) is 0.545. The van der Waals surface area contributed by atoms with E-state index in [2.05, 4.69) is 0 Å². The third-order valence-corrected chi connectivity index (χ3v) is 0. The van der Waals surface area contributed by atoms with Gasteiger partial charge in [-0.05, 0) is 0 Å². The molecule has 0 aliphatic carbocycles. The minimum atomic E-state index is 0. The molecule has 0 saturated carbocycles. The average molecular weight is 339 g/mol. The Morgan fingerprint density at radius 3 is 0.600 bits per heavy atom. The fourth-order valence-electron chi connectivity index (χ4n) is 0. The number of rotatable bonds is 0. The average Bonchev–Trinajstić information content (AvgIpc) is 0. The van der Waals surface area contributed by atoms with E-state index in [0.717, 1.165) is 0 Å². The van der Waals surface area contributed by atoms with Crippen LogP contribution < -0.4 is 0 Å². The van der Waals surface area contributed by atoms with Crippen LogP contribution in [0.25, 0.3) is 0 Å². The maximum atomic E-state index is 0. The van der Waals surface area contributed by atoms with Crippen molar-refractivity contribution in [2.75, 3.05) is 0 Å². The molecule has 0 rings (SSSR count). The van der Waals surface area contributed by atoms with E-state index in [4.69, 9.17) is 0 Å². The zero-order chi connectivity index (χ0) is 0. The molecule has 0 saturated heterocycles. The van der Waals surface area contributed by atoms with E-state index in [-0.39, 0.29) is 88.2 Å². The van der Waals surface area contributed by atoms with E-state index in [1.54, 1.807) is 0 Å². The topological polar surface area (TPSA) is 0 Å². The van der Waals surface area contributed by atoms with E-state index in [0.29, 0.717) is 0 Å².